The lowest BCUT2D eigenvalue weighted by Crippen LogP contribution is -2.31. The standard InChI is InChI=1S/C10H14ClN5O/c1-16-2-3-17-9-7(10(12)14-15-13)4-6(11)5-8(9)16/h4-5,15H,2-3,13H2,1H3,(H2,12,14). The van der Waals surface area contributed by atoms with E-state index in [2.05, 4.69) is 15.5 Å². The fraction of sp³-hybridized carbons (Fsp3) is 0.300. The van der Waals surface area contributed by atoms with Crippen LogP contribution in [-0.2, 0) is 0 Å². The van der Waals surface area contributed by atoms with Gasteiger partial charge in [-0.15, -0.1) is 5.10 Å². The summed E-state index contributed by atoms with van der Waals surface area (Å²) >= 11 is 6.05. The van der Waals surface area contributed by atoms with E-state index in [1.165, 1.54) is 0 Å². The van der Waals surface area contributed by atoms with Crippen molar-refractivity contribution < 1.29 is 4.74 Å². The molecule has 0 aromatic heterocycles. The van der Waals surface area contributed by atoms with E-state index in [1.807, 2.05) is 13.1 Å². The summed E-state index contributed by atoms with van der Waals surface area (Å²) < 4.78 is 5.62. The van der Waals surface area contributed by atoms with Gasteiger partial charge in [0.05, 0.1) is 17.8 Å². The number of rotatable bonds is 2. The fourth-order valence-corrected chi connectivity index (χ4v) is 1.95. The quantitative estimate of drug-likeness (QED) is 0.305. The number of hydrazine groups is 1. The lowest BCUT2D eigenvalue weighted by Gasteiger charge is -2.29. The van der Waals surface area contributed by atoms with Crippen LogP contribution in [0.3, 0.4) is 0 Å². The molecule has 0 unspecified atom stereocenters. The first-order chi connectivity index (χ1) is 8.13. The molecule has 17 heavy (non-hydrogen) atoms. The van der Waals surface area contributed by atoms with Gasteiger partial charge in [0.15, 0.2) is 11.6 Å². The second kappa shape index (κ2) is 4.68. The first kappa shape index (κ1) is 11.8. The Balaban J connectivity index is 2.56. The van der Waals surface area contributed by atoms with E-state index in [1.54, 1.807) is 6.07 Å². The zero-order chi connectivity index (χ0) is 12.4. The van der Waals surface area contributed by atoms with Crippen LogP contribution in [0, 0.1) is 0 Å². The molecule has 2 rings (SSSR count). The molecular formula is C10H14ClN5O. The van der Waals surface area contributed by atoms with Crippen LogP contribution >= 0.6 is 11.6 Å². The third kappa shape index (κ3) is 2.22. The lowest BCUT2D eigenvalue weighted by atomic mass is 10.1. The van der Waals surface area contributed by atoms with Crippen LogP contribution in [0.1, 0.15) is 5.56 Å². The van der Waals surface area contributed by atoms with Crippen molar-refractivity contribution in [3.63, 3.8) is 0 Å². The number of amidine groups is 1. The molecule has 1 aromatic carbocycles. The Hall–Kier alpha value is -1.66. The summed E-state index contributed by atoms with van der Waals surface area (Å²) in [6, 6.07) is 3.54. The molecule has 1 aromatic rings. The number of likely N-dealkylation sites (N-methyl/N-ethyl adjacent to an activating group) is 1. The van der Waals surface area contributed by atoms with Crippen molar-refractivity contribution in [1.29, 1.82) is 0 Å². The maximum Gasteiger partial charge on any atom is 0.155 e. The topological polar surface area (TPSA) is 88.9 Å². The van der Waals surface area contributed by atoms with E-state index >= 15 is 0 Å². The summed E-state index contributed by atoms with van der Waals surface area (Å²) in [6.45, 7) is 1.40. The van der Waals surface area contributed by atoms with Gasteiger partial charge in [0.25, 0.3) is 0 Å². The average Bonchev–Trinajstić information content (AvgIpc) is 2.30. The molecule has 0 radical (unpaired) electrons. The molecule has 1 heterocycles. The minimum absolute atomic E-state index is 0.238. The number of halogens is 1. The average molecular weight is 256 g/mol. The highest BCUT2D eigenvalue weighted by atomic mass is 35.5. The van der Waals surface area contributed by atoms with Gasteiger partial charge < -0.3 is 15.4 Å². The monoisotopic (exact) mass is 255 g/mol. The molecule has 0 aliphatic carbocycles. The van der Waals surface area contributed by atoms with Gasteiger partial charge in [-0.25, -0.2) is 11.4 Å². The predicted octanol–water partition coefficient (Wildman–Crippen LogP) is 0.252. The van der Waals surface area contributed by atoms with Crippen LogP contribution in [0.15, 0.2) is 17.2 Å². The van der Waals surface area contributed by atoms with Gasteiger partial charge in [-0.2, -0.15) is 0 Å². The smallest absolute Gasteiger partial charge is 0.155 e. The van der Waals surface area contributed by atoms with Gasteiger partial charge in [-0.05, 0) is 12.1 Å². The maximum atomic E-state index is 6.05. The minimum Gasteiger partial charge on any atom is -0.489 e. The number of benzene rings is 1. The van der Waals surface area contributed by atoms with Gasteiger partial charge >= 0.3 is 0 Å². The van der Waals surface area contributed by atoms with Crippen LogP contribution in [0.4, 0.5) is 5.69 Å². The van der Waals surface area contributed by atoms with E-state index < -0.39 is 0 Å². The zero-order valence-electron chi connectivity index (χ0n) is 9.40. The Kier molecular flexibility index (Phi) is 3.26. The number of hydrogen-bond donors (Lipinski definition) is 3. The molecule has 1 aliphatic rings. The second-order valence-electron chi connectivity index (χ2n) is 3.70. The van der Waals surface area contributed by atoms with Crippen LogP contribution < -0.4 is 26.7 Å². The molecular weight excluding hydrogens is 242 g/mol. The molecule has 0 fully saturated rings. The Bertz CT molecular complexity index is 462. The number of nitrogens with one attached hydrogen (secondary N) is 1. The molecule has 0 saturated heterocycles. The normalized spacial score (nSPS) is 15.2. The Morgan fingerprint density at radius 1 is 1.59 bits per heavy atom. The number of hydrazone groups is 1. The number of hydrogen-bond acceptors (Lipinski definition) is 5. The van der Waals surface area contributed by atoms with E-state index in [4.69, 9.17) is 27.9 Å². The van der Waals surface area contributed by atoms with Gasteiger partial charge in [0, 0.05) is 12.1 Å². The van der Waals surface area contributed by atoms with E-state index in [-0.39, 0.29) is 5.84 Å². The summed E-state index contributed by atoms with van der Waals surface area (Å²) in [5.74, 6) is 6.02. The largest absolute Gasteiger partial charge is 0.489 e. The van der Waals surface area contributed by atoms with E-state index in [0.29, 0.717) is 22.9 Å². The van der Waals surface area contributed by atoms with Gasteiger partial charge in [0.2, 0.25) is 0 Å². The summed E-state index contributed by atoms with van der Waals surface area (Å²) in [7, 11) is 1.97. The molecule has 0 bridgehead atoms. The van der Waals surface area contributed by atoms with Crippen LogP contribution in [0.5, 0.6) is 5.75 Å². The molecule has 1 aliphatic heterocycles. The predicted molar refractivity (Wildman–Crippen MR) is 68.3 cm³/mol. The molecule has 0 saturated carbocycles. The Labute approximate surface area is 104 Å². The number of nitrogens with zero attached hydrogens (tertiary/aromatic N) is 2. The SMILES string of the molecule is CN1CCOc2c(/C(N)=N/NN)cc(Cl)cc21. The van der Waals surface area contributed by atoms with Crippen molar-refractivity contribution in [3.8, 4) is 5.75 Å². The molecule has 92 valence electrons. The van der Waals surface area contributed by atoms with Crippen molar-refractivity contribution in [2.45, 2.75) is 0 Å². The van der Waals surface area contributed by atoms with Gasteiger partial charge in [-0.1, -0.05) is 11.6 Å². The minimum atomic E-state index is 0.238. The van der Waals surface area contributed by atoms with Crippen LogP contribution in [0.25, 0.3) is 0 Å². The highest BCUT2D eigenvalue weighted by Gasteiger charge is 2.21. The zero-order valence-corrected chi connectivity index (χ0v) is 10.2. The first-order valence-corrected chi connectivity index (χ1v) is 5.48. The summed E-state index contributed by atoms with van der Waals surface area (Å²) in [5, 5.41) is 4.31. The molecule has 0 atom stereocenters. The number of anilines is 1. The molecule has 0 amide bonds. The molecule has 5 N–H and O–H groups in total. The van der Waals surface area contributed by atoms with Crippen molar-refractivity contribution >= 4 is 23.1 Å². The highest BCUT2D eigenvalue weighted by molar-refractivity contribution is 6.31. The molecule has 6 nitrogen and oxygen atoms in total. The highest BCUT2D eigenvalue weighted by Crippen LogP contribution is 2.36. The number of fused-ring (bicyclic) bond motifs is 1. The number of ether oxygens (including phenoxy) is 1. The Morgan fingerprint density at radius 3 is 3.06 bits per heavy atom. The van der Waals surface area contributed by atoms with Crippen LogP contribution in [0.2, 0.25) is 5.02 Å². The summed E-state index contributed by atoms with van der Waals surface area (Å²) in [4.78, 5) is 2.05. The van der Waals surface area contributed by atoms with Crippen molar-refractivity contribution in [1.82, 2.24) is 5.53 Å². The lowest BCUT2D eigenvalue weighted by molar-refractivity contribution is 0.310. The Morgan fingerprint density at radius 2 is 2.35 bits per heavy atom. The number of nitrogens with two attached hydrogens (primary N) is 2. The van der Waals surface area contributed by atoms with E-state index in [0.717, 1.165) is 12.2 Å². The van der Waals surface area contributed by atoms with Crippen molar-refractivity contribution in [3.05, 3.63) is 22.7 Å². The third-order valence-corrected chi connectivity index (χ3v) is 2.80. The first-order valence-electron chi connectivity index (χ1n) is 5.10. The van der Waals surface area contributed by atoms with Gasteiger partial charge in [-0.3, -0.25) is 0 Å². The summed E-state index contributed by atoms with van der Waals surface area (Å²) in [5.41, 5.74) is 9.48. The summed E-state index contributed by atoms with van der Waals surface area (Å²) in [6.07, 6.45) is 0. The second-order valence-corrected chi connectivity index (χ2v) is 4.13. The van der Waals surface area contributed by atoms with Crippen molar-refractivity contribution in [2.24, 2.45) is 16.7 Å². The van der Waals surface area contributed by atoms with Crippen molar-refractivity contribution in [2.75, 3.05) is 25.1 Å². The van der Waals surface area contributed by atoms with Gasteiger partial charge in [0.1, 0.15) is 6.61 Å². The third-order valence-electron chi connectivity index (χ3n) is 2.58. The van der Waals surface area contributed by atoms with Crippen LogP contribution in [-0.4, -0.2) is 26.0 Å². The van der Waals surface area contributed by atoms with E-state index in [9.17, 15) is 0 Å². The molecule has 0 spiro atoms. The fourth-order valence-electron chi connectivity index (χ4n) is 1.74. The maximum absolute atomic E-state index is 6.05. The molecule has 7 heteroatoms.